The second-order valence-corrected chi connectivity index (χ2v) is 6.40. The first kappa shape index (κ1) is 18.6. The average molecular weight is 394 g/mol. The van der Waals surface area contributed by atoms with Crippen molar-refractivity contribution in [2.24, 2.45) is 4.99 Å². The molecule has 0 bridgehead atoms. The van der Waals surface area contributed by atoms with Gasteiger partial charge in [0.05, 0.1) is 16.8 Å². The SMILES string of the molecule is CSc1cc(C(F)(F)F)cnc1C1=NC2=CC(C(F)(F)F)=CNC2N1C. The minimum atomic E-state index is -4.54. The highest BCUT2D eigenvalue weighted by molar-refractivity contribution is 7.98. The topological polar surface area (TPSA) is 40.5 Å². The Morgan fingerprint density at radius 2 is 1.85 bits per heavy atom. The van der Waals surface area contributed by atoms with E-state index in [0.29, 0.717) is 6.20 Å². The summed E-state index contributed by atoms with van der Waals surface area (Å²) in [4.78, 5) is 9.80. The van der Waals surface area contributed by atoms with E-state index in [9.17, 15) is 26.3 Å². The van der Waals surface area contributed by atoms with Gasteiger partial charge in [0.15, 0.2) is 5.84 Å². The molecule has 0 saturated heterocycles. The Labute approximate surface area is 148 Å². The summed E-state index contributed by atoms with van der Waals surface area (Å²) in [5, 5.41) is 2.61. The van der Waals surface area contributed by atoms with Gasteiger partial charge in [-0.25, -0.2) is 4.99 Å². The molecule has 26 heavy (non-hydrogen) atoms. The molecule has 3 heterocycles. The maximum Gasteiger partial charge on any atom is 0.417 e. The molecule has 4 nitrogen and oxygen atoms in total. The molecule has 3 rings (SSSR count). The molecule has 0 fully saturated rings. The molecule has 0 radical (unpaired) electrons. The number of allylic oxidation sites excluding steroid dienone is 2. The van der Waals surface area contributed by atoms with Crippen molar-refractivity contribution in [2.75, 3.05) is 13.3 Å². The molecule has 2 aliphatic rings. The van der Waals surface area contributed by atoms with Crippen LogP contribution in [-0.4, -0.2) is 41.4 Å². The largest absolute Gasteiger partial charge is 0.417 e. The van der Waals surface area contributed by atoms with Gasteiger partial charge in [-0.15, -0.1) is 11.8 Å². The number of nitrogens with one attached hydrogen (secondary N) is 1. The Hall–Kier alpha value is -2.17. The normalized spacial score (nSPS) is 20.2. The van der Waals surface area contributed by atoms with Crippen molar-refractivity contribution in [1.29, 1.82) is 0 Å². The maximum absolute atomic E-state index is 12.9. The highest BCUT2D eigenvalue weighted by Crippen LogP contribution is 2.36. The monoisotopic (exact) mass is 394 g/mol. The summed E-state index contributed by atoms with van der Waals surface area (Å²) >= 11 is 1.05. The smallest absolute Gasteiger partial charge is 0.366 e. The summed E-state index contributed by atoms with van der Waals surface area (Å²) in [5.74, 6) is 0.198. The highest BCUT2D eigenvalue weighted by Gasteiger charge is 2.40. The van der Waals surface area contributed by atoms with E-state index in [4.69, 9.17) is 0 Å². The lowest BCUT2D eigenvalue weighted by Gasteiger charge is -2.27. The van der Waals surface area contributed by atoms with Crippen LogP contribution < -0.4 is 5.32 Å². The highest BCUT2D eigenvalue weighted by atomic mass is 32.2. The van der Waals surface area contributed by atoms with Crippen LogP contribution in [0, 0.1) is 0 Å². The van der Waals surface area contributed by atoms with E-state index in [-0.39, 0.29) is 22.1 Å². The van der Waals surface area contributed by atoms with E-state index < -0.39 is 29.7 Å². The van der Waals surface area contributed by atoms with Crippen molar-refractivity contribution in [3.05, 3.63) is 47.1 Å². The first-order valence-electron chi connectivity index (χ1n) is 7.20. The molecular formula is C15H12F6N4S. The number of rotatable bonds is 2. The van der Waals surface area contributed by atoms with Gasteiger partial charge in [0.2, 0.25) is 0 Å². The lowest BCUT2D eigenvalue weighted by molar-refractivity contribution is -0.138. The van der Waals surface area contributed by atoms with E-state index in [1.54, 1.807) is 13.3 Å². The van der Waals surface area contributed by atoms with Crippen LogP contribution in [0.2, 0.25) is 0 Å². The average Bonchev–Trinajstić information content (AvgIpc) is 2.89. The molecule has 1 unspecified atom stereocenters. The molecule has 140 valence electrons. The van der Waals surface area contributed by atoms with Crippen LogP contribution in [0.15, 0.2) is 45.7 Å². The number of thioether (sulfide) groups is 1. The van der Waals surface area contributed by atoms with Crippen LogP contribution in [0.3, 0.4) is 0 Å². The molecule has 1 aromatic rings. The van der Waals surface area contributed by atoms with Gasteiger partial charge in [0, 0.05) is 24.3 Å². The van der Waals surface area contributed by atoms with Gasteiger partial charge in [-0.3, -0.25) is 4.98 Å². The number of amidine groups is 1. The lowest BCUT2D eigenvalue weighted by Crippen LogP contribution is -2.43. The van der Waals surface area contributed by atoms with Gasteiger partial charge in [-0.1, -0.05) is 0 Å². The van der Waals surface area contributed by atoms with Gasteiger partial charge < -0.3 is 10.2 Å². The third kappa shape index (κ3) is 3.27. The molecular weight excluding hydrogens is 382 g/mol. The summed E-state index contributed by atoms with van der Waals surface area (Å²) in [6.07, 6.45) is -5.68. The molecule has 1 aromatic heterocycles. The van der Waals surface area contributed by atoms with Crippen LogP contribution in [0.4, 0.5) is 26.3 Å². The number of hydrogen-bond donors (Lipinski definition) is 1. The number of halogens is 6. The number of fused-ring (bicyclic) bond motifs is 1. The zero-order valence-corrected chi connectivity index (χ0v) is 14.2. The van der Waals surface area contributed by atoms with E-state index in [0.717, 1.165) is 30.1 Å². The molecule has 0 spiro atoms. The van der Waals surface area contributed by atoms with Crippen LogP contribution in [0.1, 0.15) is 11.3 Å². The van der Waals surface area contributed by atoms with Crippen molar-refractivity contribution in [1.82, 2.24) is 15.2 Å². The standard InChI is InChI=1S/C15H12F6N4S/c1-25-12-9(3-7(6-23-12)14(16,17)18)24-13(25)11-10(26-2)4-8(5-22-11)15(19,20)21/h3-6,12,23H,1-2H3. The van der Waals surface area contributed by atoms with Gasteiger partial charge in [-0.2, -0.15) is 26.3 Å². The zero-order chi connectivity index (χ0) is 19.3. The van der Waals surface area contributed by atoms with E-state index in [1.165, 1.54) is 4.90 Å². The fraction of sp³-hybridized carbons (Fsp3) is 0.333. The van der Waals surface area contributed by atoms with Crippen LogP contribution in [0.25, 0.3) is 0 Å². The Kier molecular flexibility index (Phi) is 4.45. The number of aromatic nitrogens is 1. The predicted molar refractivity (Wildman–Crippen MR) is 84.5 cm³/mol. The second-order valence-electron chi connectivity index (χ2n) is 5.55. The van der Waals surface area contributed by atoms with Crippen molar-refractivity contribution in [2.45, 2.75) is 23.4 Å². The van der Waals surface area contributed by atoms with E-state index in [2.05, 4.69) is 15.3 Å². The third-order valence-electron chi connectivity index (χ3n) is 3.88. The summed E-state index contributed by atoms with van der Waals surface area (Å²) in [5.41, 5.74) is -1.49. The Morgan fingerprint density at radius 3 is 2.42 bits per heavy atom. The minimum Gasteiger partial charge on any atom is -0.366 e. The fourth-order valence-electron chi connectivity index (χ4n) is 2.57. The van der Waals surface area contributed by atoms with E-state index >= 15 is 0 Å². The Bertz CT molecular complexity index is 824. The van der Waals surface area contributed by atoms with Gasteiger partial charge in [0.1, 0.15) is 11.9 Å². The van der Waals surface area contributed by atoms with E-state index in [1.807, 2.05) is 0 Å². The number of dihydropyridines is 1. The summed E-state index contributed by atoms with van der Waals surface area (Å²) in [6, 6.07) is 0.951. The Morgan fingerprint density at radius 1 is 1.15 bits per heavy atom. The molecule has 0 aromatic carbocycles. The number of hydrogen-bond acceptors (Lipinski definition) is 5. The molecule has 1 atom stereocenters. The third-order valence-corrected chi connectivity index (χ3v) is 4.63. The second kappa shape index (κ2) is 6.22. The van der Waals surface area contributed by atoms with Crippen LogP contribution >= 0.6 is 11.8 Å². The number of nitrogens with zero attached hydrogens (tertiary/aromatic N) is 3. The number of pyridine rings is 1. The maximum atomic E-state index is 12.9. The fourth-order valence-corrected chi connectivity index (χ4v) is 3.15. The number of aliphatic imine (C=N–C) groups is 1. The minimum absolute atomic E-state index is 0.117. The van der Waals surface area contributed by atoms with Crippen molar-refractivity contribution in [3.8, 4) is 0 Å². The van der Waals surface area contributed by atoms with Crippen LogP contribution in [-0.2, 0) is 6.18 Å². The predicted octanol–water partition coefficient (Wildman–Crippen LogP) is 3.77. The van der Waals surface area contributed by atoms with Crippen LogP contribution in [0.5, 0.6) is 0 Å². The molecule has 1 N–H and O–H groups in total. The summed E-state index contributed by atoms with van der Waals surface area (Å²) < 4.78 is 77.2. The van der Waals surface area contributed by atoms with Crippen molar-refractivity contribution < 1.29 is 26.3 Å². The molecule has 2 aliphatic heterocycles. The van der Waals surface area contributed by atoms with Crippen molar-refractivity contribution >= 4 is 17.6 Å². The first-order valence-corrected chi connectivity index (χ1v) is 8.43. The number of likely N-dealkylation sites (N-methyl/N-ethyl adjacent to an activating group) is 1. The zero-order valence-electron chi connectivity index (χ0n) is 13.4. The lowest BCUT2D eigenvalue weighted by atomic mass is 10.1. The quantitative estimate of drug-likeness (QED) is 0.613. The number of alkyl halides is 6. The van der Waals surface area contributed by atoms with Gasteiger partial charge in [-0.05, 0) is 18.4 Å². The summed E-state index contributed by atoms with van der Waals surface area (Å²) in [7, 11) is 1.58. The summed E-state index contributed by atoms with van der Waals surface area (Å²) in [6.45, 7) is 0. The molecule has 0 aliphatic carbocycles. The molecule has 0 saturated carbocycles. The van der Waals surface area contributed by atoms with Gasteiger partial charge in [0.25, 0.3) is 0 Å². The van der Waals surface area contributed by atoms with Crippen molar-refractivity contribution in [3.63, 3.8) is 0 Å². The Balaban J connectivity index is 2.02. The molecule has 11 heteroatoms. The first-order chi connectivity index (χ1) is 12.0. The molecule has 0 amide bonds. The van der Waals surface area contributed by atoms with Gasteiger partial charge >= 0.3 is 12.4 Å².